The highest BCUT2D eigenvalue weighted by Crippen LogP contribution is 2.31. The summed E-state index contributed by atoms with van der Waals surface area (Å²) in [6.45, 7) is 2.00. The minimum atomic E-state index is 0.627. The first-order valence-electron chi connectivity index (χ1n) is 5.76. The molecule has 3 rings (SSSR count). The predicted molar refractivity (Wildman–Crippen MR) is 82.5 cm³/mol. The summed E-state index contributed by atoms with van der Waals surface area (Å²) in [5, 5.41) is 0.714. The largest absolute Gasteiger partial charge is 0.383 e. The van der Waals surface area contributed by atoms with Crippen molar-refractivity contribution in [3.05, 3.63) is 51.6 Å². The lowest BCUT2D eigenvalue weighted by molar-refractivity contribution is 1.18. The second-order valence-corrected chi connectivity index (χ2v) is 5.73. The lowest BCUT2D eigenvalue weighted by atomic mass is 10.1. The molecule has 0 amide bonds. The number of anilines is 1. The Labute approximate surface area is 124 Å². The molecule has 0 fully saturated rings. The fraction of sp³-hybridized carbons (Fsp3) is 0.0714. The zero-order valence-corrected chi connectivity index (χ0v) is 12.5. The Balaban J connectivity index is 2.28. The van der Waals surface area contributed by atoms with Crippen LogP contribution in [0.1, 0.15) is 5.56 Å². The maximum Gasteiger partial charge on any atom is 0.139 e. The van der Waals surface area contributed by atoms with Crippen molar-refractivity contribution in [3.63, 3.8) is 0 Å². The van der Waals surface area contributed by atoms with Gasteiger partial charge in [-0.25, -0.2) is 4.98 Å². The quantitative estimate of drug-likeness (QED) is 0.719. The number of hydrogen-bond acceptors (Lipinski definition) is 2. The van der Waals surface area contributed by atoms with Gasteiger partial charge in [0.15, 0.2) is 0 Å². The van der Waals surface area contributed by atoms with Gasteiger partial charge in [0, 0.05) is 21.3 Å². The van der Waals surface area contributed by atoms with Crippen molar-refractivity contribution < 1.29 is 0 Å². The van der Waals surface area contributed by atoms with E-state index in [0.29, 0.717) is 10.8 Å². The van der Waals surface area contributed by atoms with Gasteiger partial charge >= 0.3 is 0 Å². The van der Waals surface area contributed by atoms with Crippen LogP contribution in [-0.2, 0) is 0 Å². The summed E-state index contributed by atoms with van der Waals surface area (Å²) in [4.78, 5) is 4.59. The van der Waals surface area contributed by atoms with E-state index in [1.54, 1.807) is 0 Å². The molecule has 2 heterocycles. The van der Waals surface area contributed by atoms with Crippen LogP contribution in [0.3, 0.4) is 0 Å². The predicted octanol–water partition coefficient (Wildman–Crippen LogP) is 4.31. The van der Waals surface area contributed by atoms with E-state index in [9.17, 15) is 0 Å². The van der Waals surface area contributed by atoms with Crippen LogP contribution < -0.4 is 5.73 Å². The van der Waals surface area contributed by atoms with Gasteiger partial charge in [-0.2, -0.15) is 0 Å². The van der Waals surface area contributed by atoms with Crippen LogP contribution >= 0.6 is 27.5 Å². The number of benzene rings is 1. The number of aromatic nitrogens is 2. The molecule has 0 unspecified atom stereocenters. The first kappa shape index (κ1) is 12.5. The first-order chi connectivity index (χ1) is 9.06. The van der Waals surface area contributed by atoms with Crippen LogP contribution in [0.4, 0.5) is 5.82 Å². The van der Waals surface area contributed by atoms with Gasteiger partial charge in [0.05, 0.1) is 0 Å². The summed E-state index contributed by atoms with van der Waals surface area (Å²) in [5.41, 5.74) is 9.86. The number of pyridine rings is 1. The monoisotopic (exact) mass is 335 g/mol. The zero-order valence-electron chi connectivity index (χ0n) is 10.2. The van der Waals surface area contributed by atoms with Gasteiger partial charge in [0.1, 0.15) is 17.2 Å². The highest BCUT2D eigenvalue weighted by atomic mass is 79.9. The summed E-state index contributed by atoms with van der Waals surface area (Å²) in [7, 11) is 0. The Bertz CT molecular complexity index is 780. The molecule has 3 aromatic rings. The molecule has 0 bridgehead atoms. The fourth-order valence-corrected chi connectivity index (χ4v) is 2.69. The van der Waals surface area contributed by atoms with Crippen LogP contribution in [0, 0.1) is 6.92 Å². The number of rotatable bonds is 1. The van der Waals surface area contributed by atoms with Crippen molar-refractivity contribution in [1.29, 1.82) is 0 Å². The van der Waals surface area contributed by atoms with E-state index in [1.165, 1.54) is 0 Å². The number of nitrogens with zero attached hydrogens (tertiary/aromatic N) is 2. The zero-order chi connectivity index (χ0) is 13.6. The molecule has 0 saturated heterocycles. The number of fused-ring (bicyclic) bond motifs is 1. The third-order valence-electron chi connectivity index (χ3n) is 3.06. The fourth-order valence-electron chi connectivity index (χ4n) is 2.13. The van der Waals surface area contributed by atoms with Gasteiger partial charge in [-0.3, -0.25) is 4.40 Å². The van der Waals surface area contributed by atoms with Crippen LogP contribution in [0.15, 0.2) is 41.0 Å². The van der Waals surface area contributed by atoms with Crippen molar-refractivity contribution >= 4 is 39.0 Å². The molecule has 0 aliphatic rings. The van der Waals surface area contributed by atoms with E-state index in [4.69, 9.17) is 17.3 Å². The summed E-state index contributed by atoms with van der Waals surface area (Å²) >= 11 is 9.42. The van der Waals surface area contributed by atoms with Crippen molar-refractivity contribution in [3.8, 4) is 11.3 Å². The SMILES string of the molecule is Cc1cc(Cl)ccc1-c1nc2ccc(Br)cn2c1N. The maximum atomic E-state index is 6.19. The van der Waals surface area contributed by atoms with Crippen molar-refractivity contribution in [2.75, 3.05) is 5.73 Å². The lowest BCUT2D eigenvalue weighted by Crippen LogP contribution is -1.94. The van der Waals surface area contributed by atoms with Crippen molar-refractivity contribution in [2.24, 2.45) is 0 Å². The van der Waals surface area contributed by atoms with Crippen molar-refractivity contribution in [2.45, 2.75) is 6.92 Å². The van der Waals surface area contributed by atoms with E-state index in [2.05, 4.69) is 20.9 Å². The van der Waals surface area contributed by atoms with Crippen LogP contribution in [-0.4, -0.2) is 9.38 Å². The first-order valence-corrected chi connectivity index (χ1v) is 6.93. The molecule has 5 heteroatoms. The van der Waals surface area contributed by atoms with E-state index >= 15 is 0 Å². The Morgan fingerprint density at radius 1 is 1.26 bits per heavy atom. The molecule has 0 radical (unpaired) electrons. The molecule has 3 nitrogen and oxygen atoms in total. The van der Waals surface area contributed by atoms with Crippen molar-refractivity contribution in [1.82, 2.24) is 9.38 Å². The van der Waals surface area contributed by atoms with Crippen LogP contribution in [0.5, 0.6) is 0 Å². The molecular formula is C14H11BrClN3. The van der Waals surface area contributed by atoms with Gasteiger partial charge in [0.2, 0.25) is 0 Å². The Morgan fingerprint density at radius 3 is 2.79 bits per heavy atom. The minimum absolute atomic E-state index is 0.627. The second-order valence-electron chi connectivity index (χ2n) is 4.38. The van der Waals surface area contributed by atoms with E-state index in [1.807, 2.05) is 47.9 Å². The van der Waals surface area contributed by atoms with Gasteiger partial charge in [0.25, 0.3) is 0 Å². The summed E-state index contributed by atoms with van der Waals surface area (Å²) in [5.74, 6) is 0.627. The number of aryl methyl sites for hydroxylation is 1. The number of nitrogens with two attached hydrogens (primary N) is 1. The lowest BCUT2D eigenvalue weighted by Gasteiger charge is -2.04. The summed E-state index contributed by atoms with van der Waals surface area (Å²) < 4.78 is 2.83. The minimum Gasteiger partial charge on any atom is -0.383 e. The molecule has 0 aliphatic carbocycles. The standard InChI is InChI=1S/C14H11BrClN3/c1-8-6-10(16)3-4-11(8)13-14(17)19-7-9(15)2-5-12(19)18-13/h2-7H,17H2,1H3. The molecule has 96 valence electrons. The van der Waals surface area contributed by atoms with E-state index < -0.39 is 0 Å². The highest BCUT2D eigenvalue weighted by Gasteiger charge is 2.13. The molecule has 0 saturated carbocycles. The van der Waals surface area contributed by atoms with Gasteiger partial charge in [-0.15, -0.1) is 0 Å². The molecule has 0 atom stereocenters. The molecule has 1 aromatic carbocycles. The summed E-state index contributed by atoms with van der Waals surface area (Å²) in [6.07, 6.45) is 1.91. The smallest absolute Gasteiger partial charge is 0.139 e. The highest BCUT2D eigenvalue weighted by molar-refractivity contribution is 9.10. The average Bonchev–Trinajstić information content (AvgIpc) is 2.67. The Morgan fingerprint density at radius 2 is 2.05 bits per heavy atom. The number of nitrogen functional groups attached to an aromatic ring is 1. The molecule has 2 aromatic heterocycles. The number of hydrogen-bond donors (Lipinski definition) is 1. The van der Waals surface area contributed by atoms with E-state index in [0.717, 1.165) is 26.9 Å². The van der Waals surface area contributed by atoms with Gasteiger partial charge in [-0.1, -0.05) is 17.7 Å². The van der Waals surface area contributed by atoms with Gasteiger partial charge in [-0.05, 0) is 52.7 Å². The third-order valence-corrected chi connectivity index (χ3v) is 3.77. The second kappa shape index (κ2) is 4.54. The van der Waals surface area contributed by atoms with Crippen LogP contribution in [0.25, 0.3) is 16.9 Å². The third kappa shape index (κ3) is 2.11. The Hall–Kier alpha value is -1.52. The van der Waals surface area contributed by atoms with Crippen LogP contribution in [0.2, 0.25) is 5.02 Å². The molecule has 19 heavy (non-hydrogen) atoms. The number of imidazole rings is 1. The normalized spacial score (nSPS) is 11.1. The molecular weight excluding hydrogens is 326 g/mol. The average molecular weight is 337 g/mol. The maximum absolute atomic E-state index is 6.19. The molecule has 0 spiro atoms. The summed E-state index contributed by atoms with van der Waals surface area (Å²) in [6, 6.07) is 9.58. The van der Waals surface area contributed by atoms with Gasteiger partial charge < -0.3 is 5.73 Å². The number of halogens is 2. The van der Waals surface area contributed by atoms with E-state index in [-0.39, 0.29) is 0 Å². The molecule has 2 N–H and O–H groups in total. The topological polar surface area (TPSA) is 43.3 Å². The molecule has 0 aliphatic heterocycles. The Kier molecular flexibility index (Phi) is 2.99.